The van der Waals surface area contributed by atoms with Crippen LogP contribution in [0.5, 0.6) is 0 Å². The highest BCUT2D eigenvalue weighted by atomic mass is 16.2. The van der Waals surface area contributed by atoms with Crippen LogP contribution in [0.1, 0.15) is 73.8 Å². The van der Waals surface area contributed by atoms with Crippen LogP contribution >= 0.6 is 0 Å². The first-order valence-corrected chi connectivity index (χ1v) is 9.81. The third-order valence-corrected chi connectivity index (χ3v) is 5.39. The van der Waals surface area contributed by atoms with E-state index in [1.165, 1.54) is 0 Å². The number of rotatable bonds is 5. The molecule has 0 unspecified atom stereocenters. The van der Waals surface area contributed by atoms with Crippen molar-refractivity contribution in [3.8, 4) is 0 Å². The molecular weight excluding hydrogens is 338 g/mol. The second-order valence-electron chi connectivity index (χ2n) is 8.00. The highest BCUT2D eigenvalue weighted by Crippen LogP contribution is 2.30. The van der Waals surface area contributed by atoms with Crippen molar-refractivity contribution in [1.29, 1.82) is 0 Å². The summed E-state index contributed by atoms with van der Waals surface area (Å²) in [4.78, 5) is 17.9. The molecule has 0 fully saturated rings. The maximum absolute atomic E-state index is 13.0. The predicted octanol–water partition coefficient (Wildman–Crippen LogP) is 3.96. The zero-order valence-corrected chi connectivity index (χ0v) is 16.4. The molecular formula is C21H27N5O. The average molecular weight is 365 g/mol. The zero-order chi connectivity index (χ0) is 19.1. The van der Waals surface area contributed by atoms with Crippen LogP contribution in [0.4, 0.5) is 0 Å². The van der Waals surface area contributed by atoms with Crippen LogP contribution < -0.4 is 5.32 Å². The lowest BCUT2D eigenvalue weighted by atomic mass is 10.0. The number of H-pyrrole nitrogens is 1. The third kappa shape index (κ3) is 3.03. The predicted molar refractivity (Wildman–Crippen MR) is 106 cm³/mol. The zero-order valence-electron chi connectivity index (χ0n) is 16.4. The largest absolute Gasteiger partial charge is 0.340 e. The normalized spacial score (nSPS) is 14.9. The van der Waals surface area contributed by atoms with Gasteiger partial charge in [-0.05, 0) is 51.2 Å². The summed E-state index contributed by atoms with van der Waals surface area (Å²) in [6, 6.07) is 8.22. The molecule has 1 amide bonds. The summed E-state index contributed by atoms with van der Waals surface area (Å²) in [5.41, 5.74) is 4.79. The molecule has 0 saturated heterocycles. The number of hydrogen-bond acceptors (Lipinski definition) is 3. The molecule has 1 atom stereocenters. The van der Waals surface area contributed by atoms with Crippen LogP contribution in [0, 0.1) is 5.92 Å². The van der Waals surface area contributed by atoms with Crippen molar-refractivity contribution in [1.82, 2.24) is 25.1 Å². The van der Waals surface area contributed by atoms with E-state index in [2.05, 4.69) is 53.8 Å². The molecule has 0 aliphatic heterocycles. The molecule has 0 spiro atoms. The Morgan fingerprint density at radius 2 is 1.96 bits per heavy atom. The molecule has 6 nitrogen and oxygen atoms in total. The molecule has 6 heteroatoms. The van der Waals surface area contributed by atoms with Crippen LogP contribution in [-0.2, 0) is 12.8 Å². The molecule has 142 valence electrons. The number of aryl methyl sites for hydroxylation is 1. The van der Waals surface area contributed by atoms with Crippen molar-refractivity contribution in [3.63, 3.8) is 0 Å². The summed E-state index contributed by atoms with van der Waals surface area (Å²) in [6.07, 6.45) is 2.98. The summed E-state index contributed by atoms with van der Waals surface area (Å²) in [6.45, 7) is 8.53. The second kappa shape index (κ2) is 6.83. The summed E-state index contributed by atoms with van der Waals surface area (Å²) >= 11 is 0. The molecule has 1 aliphatic rings. The number of nitrogens with one attached hydrogen (secondary N) is 2. The van der Waals surface area contributed by atoms with Crippen LogP contribution in [0.15, 0.2) is 24.3 Å². The molecule has 1 aliphatic carbocycles. The maximum atomic E-state index is 13.0. The first-order valence-electron chi connectivity index (χ1n) is 9.81. The summed E-state index contributed by atoms with van der Waals surface area (Å²) in [7, 11) is 0. The lowest BCUT2D eigenvalue weighted by molar-refractivity contribution is 0.0915. The topological polar surface area (TPSA) is 75.6 Å². The molecule has 0 saturated carbocycles. The maximum Gasteiger partial charge on any atom is 0.272 e. The van der Waals surface area contributed by atoms with Crippen molar-refractivity contribution in [3.05, 3.63) is 47.0 Å². The number of benzene rings is 1. The number of aromatic amines is 1. The van der Waals surface area contributed by atoms with E-state index in [0.29, 0.717) is 5.69 Å². The lowest BCUT2D eigenvalue weighted by Crippen LogP contribution is -2.34. The van der Waals surface area contributed by atoms with Gasteiger partial charge in [-0.2, -0.15) is 5.10 Å². The summed E-state index contributed by atoms with van der Waals surface area (Å²) in [5.74, 6) is 0.993. The number of imidazole rings is 1. The Hall–Kier alpha value is -2.63. The minimum atomic E-state index is -0.180. The summed E-state index contributed by atoms with van der Waals surface area (Å²) in [5, 5.41) is 10.5. The van der Waals surface area contributed by atoms with Crippen LogP contribution in [0.2, 0.25) is 0 Å². The average Bonchev–Trinajstić information content (AvgIpc) is 3.31. The Bertz CT molecular complexity index is 982. The van der Waals surface area contributed by atoms with Gasteiger partial charge in [-0.15, -0.1) is 0 Å². The molecule has 2 N–H and O–H groups in total. The first kappa shape index (κ1) is 17.8. The molecule has 0 radical (unpaired) electrons. The van der Waals surface area contributed by atoms with Gasteiger partial charge >= 0.3 is 0 Å². The number of carbonyl (C=O) groups is 1. The number of para-hydroxylation sites is 2. The van der Waals surface area contributed by atoms with E-state index in [0.717, 1.165) is 47.4 Å². The molecule has 2 aromatic heterocycles. The molecule has 27 heavy (non-hydrogen) atoms. The van der Waals surface area contributed by atoms with E-state index < -0.39 is 0 Å². The minimum absolute atomic E-state index is 0.115. The van der Waals surface area contributed by atoms with E-state index in [1.54, 1.807) is 0 Å². The molecule has 0 bridgehead atoms. The van der Waals surface area contributed by atoms with Gasteiger partial charge < -0.3 is 9.88 Å². The second-order valence-corrected chi connectivity index (χ2v) is 8.00. The fourth-order valence-corrected chi connectivity index (χ4v) is 4.07. The lowest BCUT2D eigenvalue weighted by Gasteiger charge is -2.24. The van der Waals surface area contributed by atoms with Gasteiger partial charge in [0.05, 0.1) is 17.1 Å². The molecule has 2 heterocycles. The minimum Gasteiger partial charge on any atom is -0.340 e. The van der Waals surface area contributed by atoms with E-state index in [4.69, 9.17) is 4.98 Å². The Kier molecular flexibility index (Phi) is 4.50. The van der Waals surface area contributed by atoms with Crippen LogP contribution in [0.25, 0.3) is 11.0 Å². The van der Waals surface area contributed by atoms with Gasteiger partial charge in [-0.3, -0.25) is 9.89 Å². The third-order valence-electron chi connectivity index (χ3n) is 5.39. The highest BCUT2D eigenvalue weighted by molar-refractivity contribution is 5.94. The van der Waals surface area contributed by atoms with Gasteiger partial charge in [0.1, 0.15) is 5.82 Å². The van der Waals surface area contributed by atoms with Gasteiger partial charge in [0.15, 0.2) is 5.69 Å². The quantitative estimate of drug-likeness (QED) is 0.719. The van der Waals surface area contributed by atoms with Crippen LogP contribution in [0.3, 0.4) is 0 Å². The monoisotopic (exact) mass is 365 g/mol. The molecule has 3 aromatic rings. The van der Waals surface area contributed by atoms with Gasteiger partial charge in [-0.1, -0.05) is 26.0 Å². The standard InChI is InChI=1S/C21H27N5O/c1-12(2)18(23-21(27)19-14-8-7-10-15(14)24-25-19)20-22-16-9-5-6-11-17(16)26(20)13(3)4/h5-6,9,11-13,18H,7-8,10H2,1-4H3,(H,23,27)(H,24,25)/t18-/m1/s1. The smallest absolute Gasteiger partial charge is 0.272 e. The van der Waals surface area contributed by atoms with Crippen molar-refractivity contribution >= 4 is 16.9 Å². The summed E-state index contributed by atoms with van der Waals surface area (Å²) < 4.78 is 2.23. The Morgan fingerprint density at radius 3 is 2.70 bits per heavy atom. The number of nitrogens with zero attached hydrogens (tertiary/aromatic N) is 3. The SMILES string of the molecule is CC(C)[C@@H](NC(=O)c1n[nH]c2c1CCC2)c1nc2ccccc2n1C(C)C. The van der Waals surface area contributed by atoms with Crippen molar-refractivity contribution in [2.45, 2.75) is 59.0 Å². The van der Waals surface area contributed by atoms with Crippen molar-refractivity contribution < 1.29 is 4.79 Å². The fraction of sp³-hybridized carbons (Fsp3) is 0.476. The van der Waals surface area contributed by atoms with E-state index in [-0.39, 0.29) is 23.9 Å². The number of amides is 1. The van der Waals surface area contributed by atoms with E-state index in [1.807, 2.05) is 18.2 Å². The van der Waals surface area contributed by atoms with Crippen molar-refractivity contribution in [2.24, 2.45) is 5.92 Å². The van der Waals surface area contributed by atoms with Crippen LogP contribution in [-0.4, -0.2) is 25.7 Å². The Balaban J connectivity index is 1.72. The fourth-order valence-electron chi connectivity index (χ4n) is 4.07. The number of hydrogen-bond donors (Lipinski definition) is 2. The number of aromatic nitrogens is 4. The Morgan fingerprint density at radius 1 is 1.19 bits per heavy atom. The number of carbonyl (C=O) groups excluding carboxylic acids is 1. The van der Waals surface area contributed by atoms with E-state index >= 15 is 0 Å². The van der Waals surface area contributed by atoms with Gasteiger partial charge in [0, 0.05) is 17.3 Å². The number of fused-ring (bicyclic) bond motifs is 2. The molecule has 4 rings (SSSR count). The van der Waals surface area contributed by atoms with Gasteiger partial charge in [0.25, 0.3) is 5.91 Å². The first-order chi connectivity index (χ1) is 13.0. The van der Waals surface area contributed by atoms with Gasteiger partial charge in [-0.25, -0.2) is 4.98 Å². The molecule has 1 aromatic carbocycles. The Labute approximate surface area is 159 Å². The van der Waals surface area contributed by atoms with E-state index in [9.17, 15) is 4.79 Å². The highest BCUT2D eigenvalue weighted by Gasteiger charge is 2.29. The van der Waals surface area contributed by atoms with Crippen molar-refractivity contribution in [2.75, 3.05) is 0 Å². The van der Waals surface area contributed by atoms with Gasteiger partial charge in [0.2, 0.25) is 0 Å².